The van der Waals surface area contributed by atoms with Crippen molar-refractivity contribution in [2.75, 3.05) is 0 Å². The smallest absolute Gasteiger partial charge is 0.160 e. The molecule has 0 aliphatic rings. The largest absolute Gasteiger partial charge is 0.455 e. The van der Waals surface area contributed by atoms with Gasteiger partial charge in [-0.25, -0.2) is 9.97 Å². The number of benzene rings is 8. The highest BCUT2D eigenvalue weighted by atomic mass is 16.3. The molecule has 3 aromatic heterocycles. The number of para-hydroxylation sites is 4. The summed E-state index contributed by atoms with van der Waals surface area (Å²) in [4.78, 5) is 10.1. The van der Waals surface area contributed by atoms with E-state index in [1.807, 2.05) is 48.5 Å². The molecule has 0 spiro atoms. The first-order valence-electron chi connectivity index (χ1n) is 18.9. The predicted octanol–water partition coefficient (Wildman–Crippen LogP) is 13.8. The Balaban J connectivity index is 1.01. The Kier molecular flexibility index (Phi) is 7.46. The molecule has 0 fully saturated rings. The predicted molar refractivity (Wildman–Crippen MR) is 231 cm³/mol. The van der Waals surface area contributed by atoms with Crippen LogP contribution in [0.5, 0.6) is 0 Å². The standard InChI is InChI=1S/C52H33N3O/c1-3-14-35(15-4-1)45-33-46(36-16-5-2-6-17-36)54-52(53-45)37-28-26-34(27-29-37)38-30-31-49-44(32-38)40-19-8-11-24-48(40)55(49)47-23-10-7-18-39(47)42-21-13-22-43-41-20-9-12-25-50(41)56-51(42)43/h1-33H. The molecule has 0 atom stereocenters. The van der Waals surface area contributed by atoms with E-state index in [1.165, 1.54) is 10.8 Å². The van der Waals surface area contributed by atoms with Crippen molar-refractivity contribution in [1.82, 2.24) is 14.5 Å². The second kappa shape index (κ2) is 13.1. The van der Waals surface area contributed by atoms with Crippen LogP contribution in [-0.2, 0) is 0 Å². The van der Waals surface area contributed by atoms with Crippen LogP contribution in [0.15, 0.2) is 205 Å². The minimum atomic E-state index is 0.701. The Labute approximate surface area is 323 Å². The van der Waals surface area contributed by atoms with Crippen molar-refractivity contribution in [3.8, 4) is 61.8 Å². The van der Waals surface area contributed by atoms with Crippen molar-refractivity contribution >= 4 is 43.7 Å². The van der Waals surface area contributed by atoms with Gasteiger partial charge in [0, 0.05) is 49.4 Å². The third kappa shape index (κ3) is 5.31. The van der Waals surface area contributed by atoms with E-state index in [9.17, 15) is 0 Å². The lowest BCUT2D eigenvalue weighted by Gasteiger charge is -2.14. The molecule has 8 aromatic carbocycles. The summed E-state index contributed by atoms with van der Waals surface area (Å²) in [6.07, 6.45) is 0. The maximum Gasteiger partial charge on any atom is 0.160 e. The molecular formula is C52H33N3O. The Morgan fingerprint density at radius 1 is 0.357 bits per heavy atom. The Morgan fingerprint density at radius 3 is 1.70 bits per heavy atom. The molecular weight excluding hydrogens is 683 g/mol. The molecule has 11 rings (SSSR count). The molecule has 0 saturated carbocycles. The van der Waals surface area contributed by atoms with E-state index in [1.54, 1.807) is 0 Å². The van der Waals surface area contributed by atoms with E-state index in [4.69, 9.17) is 14.4 Å². The summed E-state index contributed by atoms with van der Waals surface area (Å²) < 4.78 is 8.92. The Hall–Kier alpha value is -7.56. The van der Waals surface area contributed by atoms with Crippen molar-refractivity contribution in [2.45, 2.75) is 0 Å². The van der Waals surface area contributed by atoms with E-state index in [0.717, 1.165) is 89.0 Å². The molecule has 11 aromatic rings. The monoisotopic (exact) mass is 715 g/mol. The topological polar surface area (TPSA) is 43.9 Å². The number of aromatic nitrogens is 3. The van der Waals surface area contributed by atoms with Crippen LogP contribution >= 0.6 is 0 Å². The van der Waals surface area contributed by atoms with Gasteiger partial charge in [-0.3, -0.25) is 0 Å². The van der Waals surface area contributed by atoms with E-state index < -0.39 is 0 Å². The fourth-order valence-electron chi connectivity index (χ4n) is 8.17. The zero-order valence-corrected chi connectivity index (χ0v) is 30.3. The number of hydrogen-bond donors (Lipinski definition) is 0. The summed E-state index contributed by atoms with van der Waals surface area (Å²) in [6.45, 7) is 0. The first kappa shape index (κ1) is 31.9. The van der Waals surface area contributed by atoms with Crippen molar-refractivity contribution in [1.29, 1.82) is 0 Å². The summed E-state index contributed by atoms with van der Waals surface area (Å²) in [5.41, 5.74) is 14.6. The second-order valence-corrected chi connectivity index (χ2v) is 14.2. The number of rotatable bonds is 6. The van der Waals surface area contributed by atoms with Gasteiger partial charge < -0.3 is 8.98 Å². The van der Waals surface area contributed by atoms with Crippen LogP contribution in [0.1, 0.15) is 0 Å². The summed E-state index contributed by atoms with van der Waals surface area (Å²) in [5.74, 6) is 0.701. The minimum absolute atomic E-state index is 0.701. The lowest BCUT2D eigenvalue weighted by Crippen LogP contribution is -1.97. The van der Waals surface area contributed by atoms with Crippen LogP contribution in [0.2, 0.25) is 0 Å². The highest BCUT2D eigenvalue weighted by molar-refractivity contribution is 6.13. The quantitative estimate of drug-likeness (QED) is 0.172. The SMILES string of the molecule is c1ccc(-c2cc(-c3ccccc3)nc(-c3ccc(-c4ccc5c(c4)c4ccccc4n5-c4ccccc4-c4cccc5c4oc4ccccc45)cc3)n2)cc1. The van der Waals surface area contributed by atoms with Crippen LogP contribution in [0.4, 0.5) is 0 Å². The average Bonchev–Trinajstić information content (AvgIpc) is 3.83. The van der Waals surface area contributed by atoms with Crippen LogP contribution < -0.4 is 0 Å². The third-order valence-corrected chi connectivity index (χ3v) is 10.9. The van der Waals surface area contributed by atoms with Crippen LogP contribution in [0.25, 0.3) is 106 Å². The van der Waals surface area contributed by atoms with Gasteiger partial charge in [0.25, 0.3) is 0 Å². The number of fused-ring (bicyclic) bond motifs is 6. The Morgan fingerprint density at radius 2 is 0.929 bits per heavy atom. The fourth-order valence-corrected chi connectivity index (χ4v) is 8.17. The van der Waals surface area contributed by atoms with Gasteiger partial charge in [-0.1, -0.05) is 164 Å². The maximum atomic E-state index is 6.52. The highest BCUT2D eigenvalue weighted by Gasteiger charge is 2.19. The van der Waals surface area contributed by atoms with Crippen molar-refractivity contribution in [3.63, 3.8) is 0 Å². The van der Waals surface area contributed by atoms with Gasteiger partial charge in [0.05, 0.1) is 28.1 Å². The lowest BCUT2D eigenvalue weighted by atomic mass is 10.00. The van der Waals surface area contributed by atoms with Crippen molar-refractivity contribution < 1.29 is 4.42 Å². The fraction of sp³-hybridized carbons (Fsp3) is 0. The van der Waals surface area contributed by atoms with Crippen molar-refractivity contribution in [2.24, 2.45) is 0 Å². The van der Waals surface area contributed by atoms with Gasteiger partial charge >= 0.3 is 0 Å². The number of furan rings is 1. The van der Waals surface area contributed by atoms with Gasteiger partial charge in [0.15, 0.2) is 5.82 Å². The molecule has 4 heteroatoms. The normalized spacial score (nSPS) is 11.6. The number of nitrogens with zero attached hydrogens (tertiary/aromatic N) is 3. The van der Waals surface area contributed by atoms with Crippen LogP contribution in [0, 0.1) is 0 Å². The minimum Gasteiger partial charge on any atom is -0.455 e. The molecule has 56 heavy (non-hydrogen) atoms. The molecule has 0 aliphatic heterocycles. The summed E-state index contributed by atoms with van der Waals surface area (Å²) in [7, 11) is 0. The molecule has 0 aliphatic carbocycles. The second-order valence-electron chi connectivity index (χ2n) is 14.2. The van der Waals surface area contributed by atoms with Gasteiger partial charge in [-0.2, -0.15) is 0 Å². The molecule has 0 N–H and O–H groups in total. The molecule has 0 radical (unpaired) electrons. The summed E-state index contributed by atoms with van der Waals surface area (Å²) >= 11 is 0. The lowest BCUT2D eigenvalue weighted by molar-refractivity contribution is 0.670. The van der Waals surface area contributed by atoms with Gasteiger partial charge in [0.1, 0.15) is 11.2 Å². The summed E-state index contributed by atoms with van der Waals surface area (Å²) in [6, 6.07) is 70.2. The first-order chi connectivity index (χ1) is 27.8. The molecule has 3 heterocycles. The third-order valence-electron chi connectivity index (χ3n) is 10.9. The molecule has 0 amide bonds. The van der Waals surface area contributed by atoms with Crippen LogP contribution in [0.3, 0.4) is 0 Å². The zero-order chi connectivity index (χ0) is 37.0. The maximum absolute atomic E-state index is 6.52. The van der Waals surface area contributed by atoms with E-state index in [-0.39, 0.29) is 0 Å². The van der Waals surface area contributed by atoms with Gasteiger partial charge in [-0.15, -0.1) is 0 Å². The zero-order valence-electron chi connectivity index (χ0n) is 30.3. The molecule has 4 nitrogen and oxygen atoms in total. The van der Waals surface area contributed by atoms with E-state index >= 15 is 0 Å². The van der Waals surface area contributed by atoms with Gasteiger partial charge in [-0.05, 0) is 47.5 Å². The number of hydrogen-bond acceptors (Lipinski definition) is 3. The summed E-state index contributed by atoms with van der Waals surface area (Å²) in [5, 5.41) is 4.66. The Bertz CT molecular complexity index is 3170. The molecule has 0 unspecified atom stereocenters. The van der Waals surface area contributed by atoms with E-state index in [2.05, 4.69) is 156 Å². The average molecular weight is 716 g/mol. The molecule has 262 valence electrons. The first-order valence-corrected chi connectivity index (χ1v) is 18.9. The van der Waals surface area contributed by atoms with Crippen LogP contribution in [-0.4, -0.2) is 14.5 Å². The highest BCUT2D eigenvalue weighted by Crippen LogP contribution is 2.41. The molecule has 0 bridgehead atoms. The molecule has 0 saturated heterocycles. The van der Waals surface area contributed by atoms with Gasteiger partial charge in [0.2, 0.25) is 0 Å². The van der Waals surface area contributed by atoms with E-state index in [0.29, 0.717) is 5.82 Å². The van der Waals surface area contributed by atoms with Crippen molar-refractivity contribution in [3.05, 3.63) is 200 Å².